The van der Waals surface area contributed by atoms with Gasteiger partial charge in [0.15, 0.2) is 23.1 Å². The van der Waals surface area contributed by atoms with Gasteiger partial charge in [0.25, 0.3) is 0 Å². The van der Waals surface area contributed by atoms with Gasteiger partial charge in [0.1, 0.15) is 16.7 Å². The molecule has 0 N–H and O–H groups in total. The average molecular weight is 617 g/mol. The molecule has 0 atom stereocenters. The Kier molecular flexibility index (Phi) is 5.77. The number of furan rings is 2. The van der Waals surface area contributed by atoms with Crippen LogP contribution in [0.2, 0.25) is 0 Å². The standard InChI is InChI=1S/C42H24N4O2/c1-2-9-25(10-3-1)26-17-18-28-22-29(20-19-27(28)21-26)40-44-41(32-13-8-16-36-38(32)30-11-4-6-14-34(30)47-36)46-42(45-40)33-23-43-24-37-39(33)31-12-5-7-15-35(31)48-37/h1-24H. The molecule has 0 aliphatic carbocycles. The zero-order valence-corrected chi connectivity index (χ0v) is 25.5. The van der Waals surface area contributed by atoms with Gasteiger partial charge in [-0.3, -0.25) is 4.98 Å². The van der Waals surface area contributed by atoms with Crippen LogP contribution in [0, 0.1) is 0 Å². The summed E-state index contributed by atoms with van der Waals surface area (Å²) in [6.07, 6.45) is 3.56. The summed E-state index contributed by atoms with van der Waals surface area (Å²) in [5.74, 6) is 1.64. The second-order valence-electron chi connectivity index (χ2n) is 11.9. The van der Waals surface area contributed by atoms with Crippen molar-refractivity contribution in [1.29, 1.82) is 0 Å². The lowest BCUT2D eigenvalue weighted by Crippen LogP contribution is -2.01. The van der Waals surface area contributed by atoms with Gasteiger partial charge in [0.05, 0.1) is 6.20 Å². The predicted molar refractivity (Wildman–Crippen MR) is 191 cm³/mol. The molecule has 0 unspecified atom stereocenters. The van der Waals surface area contributed by atoms with E-state index in [0.717, 1.165) is 65.8 Å². The summed E-state index contributed by atoms with van der Waals surface area (Å²) < 4.78 is 12.4. The zero-order valence-electron chi connectivity index (χ0n) is 25.5. The van der Waals surface area contributed by atoms with Crippen molar-refractivity contribution >= 4 is 54.6 Å². The Balaban J connectivity index is 1.22. The Hall–Kier alpha value is -6.66. The van der Waals surface area contributed by atoms with Crippen LogP contribution in [0.25, 0.3) is 99.9 Å². The fourth-order valence-corrected chi connectivity index (χ4v) is 6.75. The molecular formula is C42H24N4O2. The fraction of sp³-hybridized carbons (Fsp3) is 0. The molecule has 0 spiro atoms. The van der Waals surface area contributed by atoms with E-state index in [0.29, 0.717) is 23.1 Å². The molecule has 4 aromatic heterocycles. The molecule has 6 heteroatoms. The summed E-state index contributed by atoms with van der Waals surface area (Å²) in [6, 6.07) is 45.4. The molecule has 0 aliphatic heterocycles. The lowest BCUT2D eigenvalue weighted by atomic mass is 10.00. The van der Waals surface area contributed by atoms with Crippen LogP contribution < -0.4 is 0 Å². The van der Waals surface area contributed by atoms with Crippen LogP contribution in [0.1, 0.15) is 0 Å². The van der Waals surface area contributed by atoms with Crippen LogP contribution >= 0.6 is 0 Å². The average Bonchev–Trinajstić information content (AvgIpc) is 3.73. The van der Waals surface area contributed by atoms with Crippen molar-refractivity contribution < 1.29 is 8.83 Å². The number of benzene rings is 6. The van der Waals surface area contributed by atoms with Gasteiger partial charge in [-0.05, 0) is 52.2 Å². The topological polar surface area (TPSA) is 77.8 Å². The lowest BCUT2D eigenvalue weighted by molar-refractivity contribution is 0.667. The number of hydrogen-bond acceptors (Lipinski definition) is 6. The highest BCUT2D eigenvalue weighted by molar-refractivity contribution is 6.13. The van der Waals surface area contributed by atoms with E-state index in [4.69, 9.17) is 23.8 Å². The van der Waals surface area contributed by atoms with E-state index >= 15 is 0 Å². The van der Waals surface area contributed by atoms with E-state index in [-0.39, 0.29) is 0 Å². The highest BCUT2D eigenvalue weighted by Crippen LogP contribution is 2.39. The number of pyridine rings is 1. The van der Waals surface area contributed by atoms with Crippen LogP contribution in [0.15, 0.2) is 155 Å². The quantitative estimate of drug-likeness (QED) is 0.196. The number of aromatic nitrogens is 4. The third-order valence-electron chi connectivity index (χ3n) is 9.01. The van der Waals surface area contributed by atoms with Gasteiger partial charge in [0.2, 0.25) is 0 Å². The van der Waals surface area contributed by atoms with Crippen molar-refractivity contribution in [2.24, 2.45) is 0 Å². The lowest BCUT2D eigenvalue weighted by Gasteiger charge is -2.11. The maximum absolute atomic E-state index is 6.24. The highest BCUT2D eigenvalue weighted by Gasteiger charge is 2.20. The van der Waals surface area contributed by atoms with E-state index < -0.39 is 0 Å². The van der Waals surface area contributed by atoms with Gasteiger partial charge in [-0.25, -0.2) is 15.0 Å². The maximum atomic E-state index is 6.24. The van der Waals surface area contributed by atoms with Crippen LogP contribution in [-0.2, 0) is 0 Å². The molecule has 6 nitrogen and oxygen atoms in total. The molecule has 10 aromatic rings. The molecule has 6 aromatic carbocycles. The zero-order chi connectivity index (χ0) is 31.6. The molecule has 0 amide bonds. The Labute approximate surface area is 274 Å². The predicted octanol–water partition coefficient (Wildman–Crippen LogP) is 10.9. The summed E-state index contributed by atoms with van der Waals surface area (Å²) in [7, 11) is 0. The fourth-order valence-electron chi connectivity index (χ4n) is 6.75. The van der Waals surface area contributed by atoms with E-state index in [1.807, 2.05) is 66.9 Å². The van der Waals surface area contributed by atoms with Gasteiger partial charge >= 0.3 is 0 Å². The molecule has 48 heavy (non-hydrogen) atoms. The van der Waals surface area contributed by atoms with Crippen molar-refractivity contribution in [3.63, 3.8) is 0 Å². The van der Waals surface area contributed by atoms with Gasteiger partial charge in [-0.2, -0.15) is 0 Å². The van der Waals surface area contributed by atoms with Crippen LogP contribution in [0.3, 0.4) is 0 Å². The molecule has 0 fully saturated rings. The Morgan fingerprint density at radius 1 is 0.375 bits per heavy atom. The van der Waals surface area contributed by atoms with Crippen LogP contribution in [0.5, 0.6) is 0 Å². The Bertz CT molecular complexity index is 2720. The Morgan fingerprint density at radius 2 is 0.958 bits per heavy atom. The second-order valence-corrected chi connectivity index (χ2v) is 11.9. The summed E-state index contributed by atoms with van der Waals surface area (Å²) in [5.41, 5.74) is 7.96. The van der Waals surface area contributed by atoms with Crippen molar-refractivity contribution in [2.45, 2.75) is 0 Å². The van der Waals surface area contributed by atoms with E-state index in [1.165, 1.54) is 11.1 Å². The second kappa shape index (κ2) is 10.4. The smallest absolute Gasteiger partial charge is 0.166 e. The number of rotatable bonds is 4. The van der Waals surface area contributed by atoms with Crippen molar-refractivity contribution in [2.75, 3.05) is 0 Å². The molecule has 0 saturated carbocycles. The molecule has 0 aliphatic rings. The third kappa shape index (κ3) is 4.20. The molecule has 10 rings (SSSR count). The van der Waals surface area contributed by atoms with Gasteiger partial charge in [-0.15, -0.1) is 0 Å². The Morgan fingerprint density at radius 3 is 1.73 bits per heavy atom. The maximum Gasteiger partial charge on any atom is 0.166 e. The number of fused-ring (bicyclic) bond motifs is 7. The third-order valence-corrected chi connectivity index (χ3v) is 9.01. The number of para-hydroxylation sites is 2. The molecule has 0 bridgehead atoms. The largest absolute Gasteiger partial charge is 0.456 e. The first kappa shape index (κ1) is 26.5. The SMILES string of the molecule is c1ccc(-c2ccc3cc(-c4nc(-c5cccc6oc7ccccc7c56)nc(-c5cncc6oc7ccccc7c56)n4)ccc3c2)cc1. The molecular weight excluding hydrogens is 592 g/mol. The van der Waals surface area contributed by atoms with Gasteiger partial charge in [0, 0.05) is 44.4 Å². The highest BCUT2D eigenvalue weighted by atomic mass is 16.3. The van der Waals surface area contributed by atoms with E-state index in [1.54, 1.807) is 6.20 Å². The van der Waals surface area contributed by atoms with Crippen LogP contribution in [-0.4, -0.2) is 19.9 Å². The minimum absolute atomic E-state index is 0.518. The van der Waals surface area contributed by atoms with E-state index in [9.17, 15) is 0 Å². The summed E-state index contributed by atoms with van der Waals surface area (Å²) in [5, 5.41) is 6.12. The molecule has 224 valence electrons. The first-order valence-corrected chi connectivity index (χ1v) is 15.8. The molecule has 4 heterocycles. The normalized spacial score (nSPS) is 11.8. The molecule has 0 radical (unpaired) electrons. The van der Waals surface area contributed by atoms with Crippen LogP contribution in [0.4, 0.5) is 0 Å². The van der Waals surface area contributed by atoms with E-state index in [2.05, 4.69) is 77.8 Å². The monoisotopic (exact) mass is 616 g/mol. The summed E-state index contributed by atoms with van der Waals surface area (Å²) in [4.78, 5) is 19.9. The van der Waals surface area contributed by atoms with Crippen molar-refractivity contribution in [1.82, 2.24) is 19.9 Å². The van der Waals surface area contributed by atoms with Gasteiger partial charge in [-0.1, -0.05) is 103 Å². The summed E-state index contributed by atoms with van der Waals surface area (Å²) in [6.45, 7) is 0. The number of hydrogen-bond donors (Lipinski definition) is 0. The minimum atomic E-state index is 0.518. The van der Waals surface area contributed by atoms with Crippen molar-refractivity contribution in [3.05, 3.63) is 146 Å². The minimum Gasteiger partial charge on any atom is -0.456 e. The first-order chi connectivity index (χ1) is 23.8. The molecule has 0 saturated heterocycles. The van der Waals surface area contributed by atoms with Crippen molar-refractivity contribution in [3.8, 4) is 45.3 Å². The number of nitrogens with zero attached hydrogens (tertiary/aromatic N) is 4. The first-order valence-electron chi connectivity index (χ1n) is 15.8. The summed E-state index contributed by atoms with van der Waals surface area (Å²) >= 11 is 0. The van der Waals surface area contributed by atoms with Gasteiger partial charge < -0.3 is 8.83 Å².